The van der Waals surface area contributed by atoms with Crippen LogP contribution in [0, 0.1) is 40.9 Å². The van der Waals surface area contributed by atoms with Crippen LogP contribution in [0.5, 0.6) is 0 Å². The Kier molecular flexibility index (Phi) is 5.60. The van der Waals surface area contributed by atoms with Gasteiger partial charge < -0.3 is 4.74 Å². The molecule has 0 aliphatic heterocycles. The largest absolute Gasteiger partial charge is 0.466 e. The molecule has 2 heteroatoms. The lowest BCUT2D eigenvalue weighted by atomic mass is 9.51. The highest BCUT2D eigenvalue weighted by atomic mass is 16.5. The van der Waals surface area contributed by atoms with E-state index in [9.17, 15) is 4.79 Å². The van der Waals surface area contributed by atoms with Crippen LogP contribution in [0.2, 0.25) is 0 Å². The Morgan fingerprint density at radius 1 is 1.32 bits per heavy atom. The first-order chi connectivity index (χ1) is 13.4. The van der Waals surface area contributed by atoms with E-state index in [-0.39, 0.29) is 5.97 Å². The number of ether oxygens (including phenoxy) is 1. The maximum Gasteiger partial charge on any atom is 0.330 e. The Labute approximate surface area is 171 Å². The lowest BCUT2D eigenvalue weighted by molar-refractivity contribution is -0.134. The van der Waals surface area contributed by atoms with Crippen molar-refractivity contribution in [2.24, 2.45) is 40.9 Å². The molecule has 28 heavy (non-hydrogen) atoms. The number of hydrogen-bond donors (Lipinski definition) is 0. The number of hydrogen-bond acceptors (Lipinski definition) is 2. The van der Waals surface area contributed by atoms with Crippen LogP contribution in [0.15, 0.2) is 36.0 Å². The topological polar surface area (TPSA) is 26.3 Å². The molecule has 0 saturated heterocycles. The Morgan fingerprint density at radius 2 is 2.14 bits per heavy atom. The zero-order valence-corrected chi connectivity index (χ0v) is 18.1. The highest BCUT2D eigenvalue weighted by molar-refractivity contribution is 5.81. The summed E-state index contributed by atoms with van der Waals surface area (Å²) in [4.78, 5) is 11.4. The maximum absolute atomic E-state index is 11.4. The number of esters is 1. The summed E-state index contributed by atoms with van der Waals surface area (Å²) in [5, 5.41) is 0. The van der Waals surface area contributed by atoms with Crippen LogP contribution in [0.3, 0.4) is 0 Å². The minimum absolute atomic E-state index is 0.233. The first-order valence-corrected chi connectivity index (χ1v) is 11.5. The van der Waals surface area contributed by atoms with Crippen molar-refractivity contribution in [3.8, 4) is 0 Å². The normalized spacial score (nSPS) is 41.0. The summed E-state index contributed by atoms with van der Waals surface area (Å²) < 4.78 is 4.74. The quantitative estimate of drug-likeness (QED) is 0.316. The van der Waals surface area contributed by atoms with Gasteiger partial charge in [-0.05, 0) is 98.7 Å². The summed E-state index contributed by atoms with van der Waals surface area (Å²) in [6.07, 6.45) is 18.0. The molecule has 4 aliphatic rings. The van der Waals surface area contributed by atoms with E-state index < -0.39 is 0 Å². The lowest BCUT2D eigenvalue weighted by Gasteiger charge is -2.54. The molecular weight excluding hydrogens is 344 g/mol. The van der Waals surface area contributed by atoms with Gasteiger partial charge in [0.2, 0.25) is 0 Å². The standard InChI is InChI=1S/C26H38O2/c1-17-8-10-20-19(16-17)9-11-22-21(20)14-15-26(3)23(12-13-24(22)26)18(2)6-5-7-25(27)28-4/h5,7,9,18,20-24H,1,6,8,10-16H2,2-4H3/b7-5-/t18-,20+,21-,22-,23-,24+,26-/m1/s1. The SMILES string of the molecule is C=C1CC[C@H]2C(=CC[C@@H]3[C@@H]2CC[C@]2(C)[C@@H]([C@H](C)C/C=C\C(=O)OC)CC[C@@H]32)C1. The average Bonchev–Trinajstić information content (AvgIpc) is 3.04. The van der Waals surface area contributed by atoms with Gasteiger partial charge in [-0.15, -0.1) is 0 Å². The van der Waals surface area contributed by atoms with Gasteiger partial charge in [0.05, 0.1) is 7.11 Å². The van der Waals surface area contributed by atoms with Crippen molar-refractivity contribution in [3.63, 3.8) is 0 Å². The van der Waals surface area contributed by atoms with Gasteiger partial charge in [-0.2, -0.15) is 0 Å². The van der Waals surface area contributed by atoms with E-state index in [0.717, 1.165) is 36.0 Å². The zero-order chi connectivity index (χ0) is 19.9. The number of fused-ring (bicyclic) bond motifs is 5. The molecule has 0 bridgehead atoms. The zero-order valence-electron chi connectivity index (χ0n) is 18.1. The molecule has 3 saturated carbocycles. The van der Waals surface area contributed by atoms with Crippen molar-refractivity contribution in [3.05, 3.63) is 36.0 Å². The first-order valence-electron chi connectivity index (χ1n) is 11.5. The van der Waals surface area contributed by atoms with E-state index >= 15 is 0 Å². The Hall–Kier alpha value is -1.31. The number of carbonyl (C=O) groups is 1. The van der Waals surface area contributed by atoms with Gasteiger partial charge in [-0.25, -0.2) is 4.79 Å². The highest BCUT2D eigenvalue weighted by Crippen LogP contribution is 2.64. The minimum atomic E-state index is -0.233. The summed E-state index contributed by atoms with van der Waals surface area (Å²) >= 11 is 0. The second-order valence-corrected chi connectivity index (χ2v) is 10.4. The smallest absolute Gasteiger partial charge is 0.330 e. The van der Waals surface area contributed by atoms with Crippen LogP contribution in [0.4, 0.5) is 0 Å². The third kappa shape index (κ3) is 3.42. The van der Waals surface area contributed by atoms with Gasteiger partial charge in [-0.1, -0.05) is 43.7 Å². The van der Waals surface area contributed by atoms with Crippen molar-refractivity contribution in [1.82, 2.24) is 0 Å². The number of allylic oxidation sites excluding steroid dienone is 4. The molecule has 0 aromatic heterocycles. The molecule has 4 rings (SSSR count). The van der Waals surface area contributed by atoms with E-state index in [0.29, 0.717) is 11.3 Å². The van der Waals surface area contributed by atoms with E-state index in [1.54, 1.807) is 11.6 Å². The van der Waals surface area contributed by atoms with E-state index in [1.807, 2.05) is 6.08 Å². The molecule has 0 unspecified atom stereocenters. The van der Waals surface area contributed by atoms with Crippen LogP contribution in [-0.2, 0) is 9.53 Å². The van der Waals surface area contributed by atoms with Gasteiger partial charge >= 0.3 is 5.97 Å². The van der Waals surface area contributed by atoms with Gasteiger partial charge in [0.25, 0.3) is 0 Å². The molecule has 0 amide bonds. The van der Waals surface area contributed by atoms with Gasteiger partial charge in [-0.3, -0.25) is 0 Å². The van der Waals surface area contributed by atoms with Crippen molar-refractivity contribution < 1.29 is 9.53 Å². The predicted molar refractivity (Wildman–Crippen MR) is 115 cm³/mol. The molecule has 7 atom stereocenters. The third-order valence-corrected chi connectivity index (χ3v) is 9.12. The number of carbonyl (C=O) groups excluding carboxylic acids is 1. The average molecular weight is 383 g/mol. The van der Waals surface area contributed by atoms with Crippen LogP contribution in [0.25, 0.3) is 0 Å². The molecule has 0 N–H and O–H groups in total. The second kappa shape index (κ2) is 7.84. The van der Waals surface area contributed by atoms with Crippen LogP contribution < -0.4 is 0 Å². The summed E-state index contributed by atoms with van der Waals surface area (Å²) in [7, 11) is 1.45. The number of rotatable bonds is 4. The summed E-state index contributed by atoms with van der Waals surface area (Å²) in [6.45, 7) is 9.27. The molecule has 2 nitrogen and oxygen atoms in total. The minimum Gasteiger partial charge on any atom is -0.466 e. The molecule has 0 heterocycles. The first kappa shape index (κ1) is 20.0. The summed E-state index contributed by atoms with van der Waals surface area (Å²) in [5.74, 6) is 4.78. The maximum atomic E-state index is 11.4. The van der Waals surface area contributed by atoms with Crippen molar-refractivity contribution in [2.45, 2.75) is 71.6 Å². The fourth-order valence-corrected chi connectivity index (χ4v) is 7.80. The fraction of sp³-hybridized carbons (Fsp3) is 0.731. The molecular formula is C26H38O2. The van der Waals surface area contributed by atoms with Crippen LogP contribution in [0.1, 0.15) is 71.6 Å². The number of methoxy groups -OCH3 is 1. The highest BCUT2D eigenvalue weighted by Gasteiger charge is 2.56. The Bertz CT molecular complexity index is 687. The molecule has 154 valence electrons. The molecule has 3 fully saturated rings. The van der Waals surface area contributed by atoms with Gasteiger partial charge in [0.1, 0.15) is 0 Å². The van der Waals surface area contributed by atoms with Gasteiger partial charge in [0, 0.05) is 6.08 Å². The third-order valence-electron chi connectivity index (χ3n) is 9.12. The van der Waals surface area contributed by atoms with Gasteiger partial charge in [0.15, 0.2) is 0 Å². The molecule has 0 spiro atoms. The van der Waals surface area contributed by atoms with E-state index in [4.69, 9.17) is 4.74 Å². The van der Waals surface area contributed by atoms with Crippen LogP contribution in [-0.4, -0.2) is 13.1 Å². The second-order valence-electron chi connectivity index (χ2n) is 10.4. The van der Waals surface area contributed by atoms with Crippen LogP contribution >= 0.6 is 0 Å². The monoisotopic (exact) mass is 382 g/mol. The predicted octanol–water partition coefficient (Wildman–Crippen LogP) is 6.49. The summed E-state index contributed by atoms with van der Waals surface area (Å²) in [6, 6.07) is 0. The Balaban J connectivity index is 1.47. The molecule has 0 radical (unpaired) electrons. The van der Waals surface area contributed by atoms with Crippen molar-refractivity contribution in [1.29, 1.82) is 0 Å². The van der Waals surface area contributed by atoms with Crippen molar-refractivity contribution in [2.75, 3.05) is 7.11 Å². The van der Waals surface area contributed by atoms with E-state index in [1.165, 1.54) is 64.0 Å². The summed E-state index contributed by atoms with van der Waals surface area (Å²) in [5.41, 5.74) is 3.68. The molecule has 0 aromatic carbocycles. The molecule has 4 aliphatic carbocycles. The Morgan fingerprint density at radius 3 is 2.93 bits per heavy atom. The van der Waals surface area contributed by atoms with Crippen molar-refractivity contribution >= 4 is 5.97 Å². The lowest BCUT2D eigenvalue weighted by Crippen LogP contribution is -2.46. The molecule has 0 aromatic rings. The van der Waals surface area contributed by atoms with E-state index in [2.05, 4.69) is 26.5 Å². The fourth-order valence-electron chi connectivity index (χ4n) is 7.80.